The van der Waals surface area contributed by atoms with Crippen LogP contribution in [0.1, 0.15) is 111 Å². The highest BCUT2D eigenvalue weighted by Crippen LogP contribution is 2.59. The highest BCUT2D eigenvalue weighted by atomic mass is 16.5. The predicted octanol–water partition coefficient (Wildman–Crippen LogP) is 6.09. The van der Waals surface area contributed by atoms with E-state index in [0.717, 1.165) is 58.0 Å². The normalized spacial score (nSPS) is 37.1. The van der Waals surface area contributed by atoms with E-state index in [9.17, 15) is 15.3 Å². The maximum Gasteiger partial charge on any atom is 0.0658 e. The van der Waals surface area contributed by atoms with Gasteiger partial charge in [-0.15, -0.1) is 0 Å². The Morgan fingerprint density at radius 1 is 1.06 bits per heavy atom. The Balaban J connectivity index is 1.35. The topological polar surface area (TPSA) is 69.9 Å². The van der Waals surface area contributed by atoms with Crippen LogP contribution in [0.3, 0.4) is 0 Å². The first kappa shape index (κ1) is 26.4. The van der Waals surface area contributed by atoms with Crippen molar-refractivity contribution in [2.45, 2.75) is 135 Å². The lowest BCUT2D eigenvalue weighted by atomic mass is 9.62. The summed E-state index contributed by atoms with van der Waals surface area (Å²) in [6.45, 7) is 9.63. The molecule has 0 aromatic carbocycles. The first-order valence-corrected chi connectivity index (χ1v) is 14.3. The van der Waals surface area contributed by atoms with Crippen LogP contribution in [-0.2, 0) is 4.74 Å². The molecule has 6 atom stereocenters. The van der Waals surface area contributed by atoms with Gasteiger partial charge in [-0.05, 0) is 108 Å². The standard InChI is InChI=1S/C30H50O4/c1-5-29(33,6-2)15-8-18-34-21(3)24-12-13-25-23(9-7-14-28(24,25)4)11-10-22-19-26(31)30(16-17-30)27(32)20-22/h10-11,21,24-27,31-33H,5-9,12-20H2,1-4H3/t21-,24?,25?,26-,27-,28?/m1/s1. The molecule has 0 saturated heterocycles. The number of aliphatic hydroxyl groups is 3. The molecule has 0 amide bonds. The zero-order valence-corrected chi connectivity index (χ0v) is 22.2. The third-order valence-electron chi connectivity index (χ3n) is 10.7. The largest absolute Gasteiger partial charge is 0.392 e. The second-order valence-electron chi connectivity index (χ2n) is 12.4. The van der Waals surface area contributed by atoms with E-state index in [-0.39, 0.29) is 23.7 Å². The van der Waals surface area contributed by atoms with Crippen molar-refractivity contribution in [3.8, 4) is 0 Å². The summed E-state index contributed by atoms with van der Waals surface area (Å²) >= 11 is 0. The van der Waals surface area contributed by atoms with Gasteiger partial charge in [-0.1, -0.05) is 44.1 Å². The van der Waals surface area contributed by atoms with Crippen molar-refractivity contribution in [3.63, 3.8) is 0 Å². The molecule has 3 unspecified atom stereocenters. The van der Waals surface area contributed by atoms with Crippen LogP contribution < -0.4 is 0 Å². The van der Waals surface area contributed by atoms with Crippen LogP contribution in [-0.4, -0.2) is 45.8 Å². The molecule has 4 saturated carbocycles. The smallest absolute Gasteiger partial charge is 0.0658 e. The Morgan fingerprint density at radius 2 is 1.74 bits per heavy atom. The van der Waals surface area contributed by atoms with Crippen molar-refractivity contribution in [1.82, 2.24) is 0 Å². The van der Waals surface area contributed by atoms with E-state index in [0.29, 0.717) is 17.3 Å². The van der Waals surface area contributed by atoms with E-state index < -0.39 is 5.60 Å². The van der Waals surface area contributed by atoms with Gasteiger partial charge in [0.1, 0.15) is 0 Å². The van der Waals surface area contributed by atoms with E-state index >= 15 is 0 Å². The van der Waals surface area contributed by atoms with E-state index in [1.807, 2.05) is 0 Å². The van der Waals surface area contributed by atoms with E-state index in [2.05, 4.69) is 39.8 Å². The van der Waals surface area contributed by atoms with Gasteiger partial charge in [0.25, 0.3) is 0 Å². The minimum atomic E-state index is -0.529. The quantitative estimate of drug-likeness (QED) is 0.354. The third kappa shape index (κ3) is 5.08. The van der Waals surface area contributed by atoms with Crippen molar-refractivity contribution in [3.05, 3.63) is 23.3 Å². The van der Waals surface area contributed by atoms with Gasteiger partial charge >= 0.3 is 0 Å². The molecule has 4 aliphatic carbocycles. The molecule has 4 aliphatic rings. The molecule has 0 radical (unpaired) electrons. The summed E-state index contributed by atoms with van der Waals surface area (Å²) in [6, 6.07) is 0. The Morgan fingerprint density at radius 3 is 2.35 bits per heavy atom. The van der Waals surface area contributed by atoms with Gasteiger partial charge in [0.15, 0.2) is 0 Å². The fourth-order valence-electron chi connectivity index (χ4n) is 7.82. The third-order valence-corrected chi connectivity index (χ3v) is 10.7. The van der Waals surface area contributed by atoms with Crippen molar-refractivity contribution in [2.75, 3.05) is 6.61 Å². The molecular weight excluding hydrogens is 424 g/mol. The fourth-order valence-corrected chi connectivity index (χ4v) is 7.82. The van der Waals surface area contributed by atoms with Crippen LogP contribution in [0.25, 0.3) is 0 Å². The van der Waals surface area contributed by atoms with Crippen LogP contribution in [0.15, 0.2) is 23.3 Å². The van der Waals surface area contributed by atoms with Gasteiger partial charge in [0.2, 0.25) is 0 Å². The van der Waals surface area contributed by atoms with Gasteiger partial charge in [0.05, 0.1) is 23.9 Å². The lowest BCUT2D eigenvalue weighted by molar-refractivity contribution is -0.0366. The van der Waals surface area contributed by atoms with Crippen LogP contribution in [0.5, 0.6) is 0 Å². The molecule has 34 heavy (non-hydrogen) atoms. The molecule has 4 rings (SSSR count). The minimum Gasteiger partial charge on any atom is -0.392 e. The lowest BCUT2D eigenvalue weighted by Crippen LogP contribution is -2.39. The summed E-state index contributed by atoms with van der Waals surface area (Å²) < 4.78 is 6.37. The average molecular weight is 475 g/mol. The Labute approximate surface area is 207 Å². The predicted molar refractivity (Wildman–Crippen MR) is 137 cm³/mol. The Kier molecular flexibility index (Phi) is 8.04. The van der Waals surface area contributed by atoms with E-state index in [1.165, 1.54) is 37.7 Å². The van der Waals surface area contributed by atoms with Crippen LogP contribution in [0.4, 0.5) is 0 Å². The SMILES string of the molecule is CCC(O)(CC)CCCO[C@H](C)C1CCC2C(=CC=C3C[C@@H](O)C4(CC4)[C@H](O)C3)CCCC21C. The molecule has 0 aromatic heterocycles. The number of hydrogen-bond donors (Lipinski definition) is 3. The maximum atomic E-state index is 10.6. The highest BCUT2D eigenvalue weighted by molar-refractivity contribution is 5.28. The molecule has 1 spiro atoms. The van der Waals surface area contributed by atoms with Gasteiger partial charge in [-0.25, -0.2) is 0 Å². The van der Waals surface area contributed by atoms with Crippen molar-refractivity contribution < 1.29 is 20.1 Å². The fraction of sp³-hybridized carbons (Fsp3) is 0.867. The molecule has 0 aliphatic heterocycles. The van der Waals surface area contributed by atoms with E-state index in [4.69, 9.17) is 4.74 Å². The van der Waals surface area contributed by atoms with Crippen molar-refractivity contribution in [1.29, 1.82) is 0 Å². The van der Waals surface area contributed by atoms with E-state index in [1.54, 1.807) is 5.57 Å². The number of ether oxygens (including phenoxy) is 1. The summed E-state index contributed by atoms with van der Waals surface area (Å²) in [7, 11) is 0. The molecule has 3 N–H and O–H groups in total. The zero-order chi connectivity index (χ0) is 24.6. The average Bonchev–Trinajstić information content (AvgIpc) is 3.55. The molecule has 4 fully saturated rings. The molecular formula is C30H50O4. The summed E-state index contributed by atoms with van der Waals surface area (Å²) in [5.41, 5.74) is 2.36. The Bertz CT molecular complexity index is 746. The Hall–Kier alpha value is -0.680. The monoisotopic (exact) mass is 474 g/mol. The minimum absolute atomic E-state index is 0.186. The van der Waals surface area contributed by atoms with Crippen LogP contribution in [0, 0.1) is 22.7 Å². The van der Waals surface area contributed by atoms with Crippen LogP contribution >= 0.6 is 0 Å². The van der Waals surface area contributed by atoms with Gasteiger partial charge in [0, 0.05) is 12.0 Å². The summed E-state index contributed by atoms with van der Waals surface area (Å²) in [6.07, 6.45) is 17.0. The number of fused-ring (bicyclic) bond motifs is 1. The molecule has 0 aromatic rings. The van der Waals surface area contributed by atoms with Gasteiger partial charge in [-0.3, -0.25) is 0 Å². The van der Waals surface area contributed by atoms with Crippen LogP contribution in [0.2, 0.25) is 0 Å². The zero-order valence-electron chi connectivity index (χ0n) is 22.2. The first-order chi connectivity index (χ1) is 16.2. The molecule has 4 heteroatoms. The second-order valence-corrected chi connectivity index (χ2v) is 12.4. The number of allylic oxidation sites excluding steroid dienone is 3. The summed E-state index contributed by atoms with van der Waals surface area (Å²) in [5.74, 6) is 1.20. The first-order valence-electron chi connectivity index (χ1n) is 14.3. The molecule has 0 bridgehead atoms. The summed E-state index contributed by atoms with van der Waals surface area (Å²) in [5, 5.41) is 31.7. The van der Waals surface area contributed by atoms with Gasteiger partial charge < -0.3 is 20.1 Å². The maximum absolute atomic E-state index is 10.6. The molecule has 194 valence electrons. The van der Waals surface area contributed by atoms with Gasteiger partial charge in [-0.2, -0.15) is 0 Å². The molecule has 0 heterocycles. The van der Waals surface area contributed by atoms with Crippen molar-refractivity contribution >= 4 is 0 Å². The molecule has 4 nitrogen and oxygen atoms in total. The summed E-state index contributed by atoms with van der Waals surface area (Å²) in [4.78, 5) is 0. The lowest BCUT2D eigenvalue weighted by Gasteiger charge is -2.44. The number of hydrogen-bond acceptors (Lipinski definition) is 4. The second kappa shape index (κ2) is 10.4. The number of aliphatic hydroxyl groups excluding tert-OH is 2. The number of rotatable bonds is 9. The van der Waals surface area contributed by atoms with Crippen molar-refractivity contribution in [2.24, 2.45) is 22.7 Å². The highest BCUT2D eigenvalue weighted by Gasteiger charge is 2.56.